The molecule has 0 aliphatic carbocycles. The molecule has 1 heterocycles. The second-order valence-corrected chi connectivity index (χ2v) is 7.17. The van der Waals surface area contributed by atoms with Crippen LogP contribution in [0.25, 0.3) is 0 Å². The van der Waals surface area contributed by atoms with Gasteiger partial charge in [0.15, 0.2) is 0 Å². The molecule has 0 spiro atoms. The highest BCUT2D eigenvalue weighted by Crippen LogP contribution is 2.19. The molecule has 0 bridgehead atoms. The molecule has 1 aromatic carbocycles. The summed E-state index contributed by atoms with van der Waals surface area (Å²) in [6.45, 7) is 9.35. The van der Waals surface area contributed by atoms with Crippen LogP contribution in [-0.2, 0) is 6.54 Å². The van der Waals surface area contributed by atoms with Crippen molar-refractivity contribution in [1.29, 1.82) is 0 Å². The van der Waals surface area contributed by atoms with Crippen molar-refractivity contribution in [2.24, 2.45) is 5.73 Å². The Kier molecular flexibility index (Phi) is 5.18. The number of piperazine rings is 1. The summed E-state index contributed by atoms with van der Waals surface area (Å²) in [4.78, 5) is 5.44. The molecule has 2 N–H and O–H groups in total. The molecule has 1 fully saturated rings. The average Bonchev–Trinajstić information content (AvgIpc) is 2.39. The molecule has 0 amide bonds. The van der Waals surface area contributed by atoms with Gasteiger partial charge in [-0.15, -0.1) is 0 Å². The second-order valence-electron chi connectivity index (χ2n) is 5.82. The van der Waals surface area contributed by atoms with Gasteiger partial charge < -0.3 is 5.73 Å². The summed E-state index contributed by atoms with van der Waals surface area (Å²) in [5.74, 6) is 0. The van der Waals surface area contributed by atoms with Crippen LogP contribution in [0.5, 0.6) is 0 Å². The van der Waals surface area contributed by atoms with E-state index in [2.05, 4.69) is 63.8 Å². The summed E-state index contributed by atoms with van der Waals surface area (Å²) in [6.07, 6.45) is 0. The molecule has 0 aromatic heterocycles. The van der Waals surface area contributed by atoms with Gasteiger partial charge in [-0.3, -0.25) is 9.80 Å². The fraction of sp³-hybridized carbons (Fsp3) is 0.533. The molecule has 0 radical (unpaired) electrons. The number of nitrogens with zero attached hydrogens (tertiary/aromatic N) is 2. The molecule has 5 heteroatoms. The first-order valence-electron chi connectivity index (χ1n) is 6.91. The number of hydrogen-bond acceptors (Lipinski definition) is 3. The van der Waals surface area contributed by atoms with E-state index in [9.17, 15) is 0 Å². The monoisotopic (exact) mass is 355 g/mol. The Bertz CT molecular complexity index is 482. The Hall–Kier alpha value is -0.490. The molecule has 3 nitrogen and oxygen atoms in total. The van der Waals surface area contributed by atoms with Gasteiger partial charge in [0.1, 0.15) is 0 Å². The molecular weight excluding hydrogens is 334 g/mol. The van der Waals surface area contributed by atoms with E-state index in [1.807, 2.05) is 0 Å². The minimum atomic E-state index is -0.183. The van der Waals surface area contributed by atoms with Crippen molar-refractivity contribution < 1.29 is 0 Å². The van der Waals surface area contributed by atoms with Crippen LogP contribution in [0.15, 0.2) is 28.7 Å². The Labute approximate surface area is 135 Å². The standard InChI is InChI=1S/C15H22BrN3S/c1-15(2,14(17)20)19-8-6-18(7-9-19)11-12-4-3-5-13(16)10-12/h3-5,10H,6-9,11H2,1-2H3,(H2,17,20). The number of halogens is 1. The molecule has 1 saturated heterocycles. The molecule has 1 aliphatic heterocycles. The van der Waals surface area contributed by atoms with Gasteiger partial charge in [-0.2, -0.15) is 0 Å². The number of nitrogens with two attached hydrogens (primary N) is 1. The van der Waals surface area contributed by atoms with Gasteiger partial charge in [-0.05, 0) is 31.5 Å². The summed E-state index contributed by atoms with van der Waals surface area (Å²) in [5.41, 5.74) is 7.01. The Morgan fingerprint density at radius 3 is 2.50 bits per heavy atom. The summed E-state index contributed by atoms with van der Waals surface area (Å²) in [5, 5.41) is 0. The van der Waals surface area contributed by atoms with Crippen molar-refractivity contribution in [3.8, 4) is 0 Å². The summed E-state index contributed by atoms with van der Waals surface area (Å²) >= 11 is 8.70. The van der Waals surface area contributed by atoms with Crippen LogP contribution < -0.4 is 5.73 Å². The fourth-order valence-corrected chi connectivity index (χ4v) is 3.09. The maximum absolute atomic E-state index is 5.85. The van der Waals surface area contributed by atoms with Crippen LogP contribution in [0.2, 0.25) is 0 Å². The van der Waals surface area contributed by atoms with Crippen molar-refractivity contribution in [3.63, 3.8) is 0 Å². The van der Waals surface area contributed by atoms with Crippen LogP contribution in [0, 0.1) is 0 Å². The molecule has 0 unspecified atom stereocenters. The zero-order valence-corrected chi connectivity index (χ0v) is 14.5. The highest BCUT2D eigenvalue weighted by molar-refractivity contribution is 9.10. The van der Waals surface area contributed by atoms with Crippen molar-refractivity contribution in [2.45, 2.75) is 25.9 Å². The lowest BCUT2D eigenvalue weighted by Crippen LogP contribution is -2.59. The first-order chi connectivity index (χ1) is 9.39. The third-order valence-electron chi connectivity index (χ3n) is 4.06. The van der Waals surface area contributed by atoms with Crippen LogP contribution in [0.3, 0.4) is 0 Å². The molecule has 1 aliphatic rings. The van der Waals surface area contributed by atoms with Gasteiger partial charge in [0.2, 0.25) is 0 Å². The quantitative estimate of drug-likeness (QED) is 0.841. The van der Waals surface area contributed by atoms with Crippen LogP contribution >= 0.6 is 28.1 Å². The van der Waals surface area contributed by atoms with Crippen LogP contribution in [0.1, 0.15) is 19.4 Å². The zero-order valence-electron chi connectivity index (χ0n) is 12.1. The number of benzene rings is 1. The fourth-order valence-electron chi connectivity index (χ4n) is 2.51. The number of rotatable bonds is 4. The molecular formula is C15H22BrN3S. The number of hydrogen-bond donors (Lipinski definition) is 1. The van der Waals surface area contributed by atoms with E-state index in [1.165, 1.54) is 5.56 Å². The molecule has 20 heavy (non-hydrogen) atoms. The number of thiocarbonyl (C=S) groups is 1. The van der Waals surface area contributed by atoms with Gasteiger partial charge in [0.05, 0.1) is 10.5 Å². The lowest BCUT2D eigenvalue weighted by atomic mass is 10.0. The smallest absolute Gasteiger partial charge is 0.0928 e. The minimum Gasteiger partial charge on any atom is -0.392 e. The van der Waals surface area contributed by atoms with E-state index in [1.54, 1.807) is 0 Å². The van der Waals surface area contributed by atoms with Gasteiger partial charge in [-0.25, -0.2) is 0 Å². The highest BCUT2D eigenvalue weighted by Gasteiger charge is 2.32. The van der Waals surface area contributed by atoms with Crippen molar-refractivity contribution in [1.82, 2.24) is 9.80 Å². The predicted octanol–water partition coefficient (Wildman–Crippen LogP) is 2.63. The third-order valence-corrected chi connectivity index (χ3v) is 5.05. The molecule has 2 rings (SSSR count). The normalized spacial score (nSPS) is 18.1. The van der Waals surface area contributed by atoms with Gasteiger partial charge in [0, 0.05) is 37.2 Å². The van der Waals surface area contributed by atoms with Crippen molar-refractivity contribution in [3.05, 3.63) is 34.3 Å². The largest absolute Gasteiger partial charge is 0.392 e. The maximum atomic E-state index is 5.85. The van der Waals surface area contributed by atoms with Crippen molar-refractivity contribution in [2.75, 3.05) is 26.2 Å². The predicted molar refractivity (Wildman–Crippen MR) is 91.9 cm³/mol. The summed E-state index contributed by atoms with van der Waals surface area (Å²) in [6, 6.07) is 8.51. The molecule has 0 atom stereocenters. The minimum absolute atomic E-state index is 0.183. The second kappa shape index (κ2) is 6.52. The molecule has 0 saturated carbocycles. The highest BCUT2D eigenvalue weighted by atomic mass is 79.9. The zero-order chi connectivity index (χ0) is 14.8. The van der Waals surface area contributed by atoms with E-state index >= 15 is 0 Å². The van der Waals surface area contributed by atoms with Crippen molar-refractivity contribution >= 4 is 33.1 Å². The Morgan fingerprint density at radius 1 is 1.30 bits per heavy atom. The van der Waals surface area contributed by atoms with Crippen LogP contribution in [-0.4, -0.2) is 46.5 Å². The third kappa shape index (κ3) is 3.79. The van der Waals surface area contributed by atoms with Gasteiger partial charge in [0.25, 0.3) is 0 Å². The Morgan fingerprint density at radius 2 is 1.95 bits per heavy atom. The van der Waals surface area contributed by atoms with E-state index < -0.39 is 0 Å². The van der Waals surface area contributed by atoms with Gasteiger partial charge in [-0.1, -0.05) is 40.3 Å². The van der Waals surface area contributed by atoms with E-state index in [0.717, 1.165) is 37.2 Å². The Balaban J connectivity index is 1.90. The first kappa shape index (κ1) is 15.9. The summed E-state index contributed by atoms with van der Waals surface area (Å²) in [7, 11) is 0. The molecule has 1 aromatic rings. The lowest BCUT2D eigenvalue weighted by molar-refractivity contribution is 0.0821. The summed E-state index contributed by atoms with van der Waals surface area (Å²) < 4.78 is 1.14. The molecule has 110 valence electrons. The van der Waals surface area contributed by atoms with Gasteiger partial charge >= 0.3 is 0 Å². The first-order valence-corrected chi connectivity index (χ1v) is 8.11. The SMILES string of the molecule is CC(C)(C(N)=S)N1CCN(Cc2cccc(Br)c2)CC1. The van der Waals surface area contributed by atoms with E-state index in [0.29, 0.717) is 4.99 Å². The maximum Gasteiger partial charge on any atom is 0.0928 e. The van der Waals surface area contributed by atoms with E-state index in [4.69, 9.17) is 18.0 Å². The topological polar surface area (TPSA) is 32.5 Å². The lowest BCUT2D eigenvalue weighted by Gasteiger charge is -2.43. The van der Waals surface area contributed by atoms with E-state index in [-0.39, 0.29) is 5.54 Å². The van der Waals surface area contributed by atoms with Crippen LogP contribution in [0.4, 0.5) is 0 Å². The average molecular weight is 356 g/mol.